The maximum absolute atomic E-state index is 12.7. The van der Waals surface area contributed by atoms with Crippen LogP contribution in [0.3, 0.4) is 0 Å². The number of nitrogens with one attached hydrogen (secondary N) is 1. The van der Waals surface area contributed by atoms with Crippen LogP contribution in [-0.4, -0.2) is 51.0 Å². The van der Waals surface area contributed by atoms with Crippen LogP contribution in [0.1, 0.15) is 44.0 Å². The molecule has 1 fully saturated rings. The lowest BCUT2D eigenvalue weighted by Crippen LogP contribution is -2.40. The quantitative estimate of drug-likeness (QED) is 0.801. The van der Waals surface area contributed by atoms with Crippen molar-refractivity contribution < 1.29 is 17.9 Å². The lowest BCUT2D eigenvalue weighted by atomic mass is 10.0. The monoisotopic (exact) mass is 368 g/mol. The van der Waals surface area contributed by atoms with Gasteiger partial charge in [0.05, 0.1) is 18.1 Å². The van der Waals surface area contributed by atoms with E-state index in [1.165, 1.54) is 16.4 Å². The summed E-state index contributed by atoms with van der Waals surface area (Å²) in [4.78, 5) is 12.6. The summed E-state index contributed by atoms with van der Waals surface area (Å²) < 4.78 is 32.0. The molecule has 0 saturated carbocycles. The summed E-state index contributed by atoms with van der Waals surface area (Å²) in [5, 5.41) is 2.94. The zero-order chi connectivity index (χ0) is 18.4. The number of hydrogen-bond acceptors (Lipinski definition) is 4. The molecule has 0 radical (unpaired) electrons. The molecule has 0 aliphatic carbocycles. The highest BCUT2D eigenvalue weighted by Gasteiger charge is 2.27. The number of sulfonamides is 1. The number of nitrogens with zero attached hydrogens (tertiary/aromatic N) is 1. The first kappa shape index (κ1) is 19.9. The molecular weight excluding hydrogens is 340 g/mol. The SMILES string of the molecule is CC(C)CC[C@H](C)NC(=O)c1cccc(S(=O)(=O)N2CCOCC2)c1. The first-order valence-corrected chi connectivity index (χ1v) is 10.2. The lowest BCUT2D eigenvalue weighted by Gasteiger charge is -2.26. The number of carbonyl (C=O) groups excluding carboxylic acids is 1. The minimum atomic E-state index is -3.59. The molecule has 1 saturated heterocycles. The molecule has 1 aliphatic heterocycles. The molecule has 1 aromatic rings. The zero-order valence-corrected chi connectivity index (χ0v) is 16.0. The first-order chi connectivity index (χ1) is 11.8. The number of morpholine rings is 1. The smallest absolute Gasteiger partial charge is 0.251 e. The van der Waals surface area contributed by atoms with Crippen LogP contribution in [0.15, 0.2) is 29.2 Å². The van der Waals surface area contributed by atoms with Crippen molar-refractivity contribution in [2.75, 3.05) is 26.3 Å². The molecule has 1 aliphatic rings. The number of benzene rings is 1. The third-order valence-electron chi connectivity index (χ3n) is 4.26. The third-order valence-corrected chi connectivity index (χ3v) is 6.15. The van der Waals surface area contributed by atoms with Crippen molar-refractivity contribution >= 4 is 15.9 Å². The number of rotatable bonds is 7. The molecule has 1 amide bonds. The summed E-state index contributed by atoms with van der Waals surface area (Å²) in [6.45, 7) is 7.73. The summed E-state index contributed by atoms with van der Waals surface area (Å²) >= 11 is 0. The van der Waals surface area contributed by atoms with E-state index in [4.69, 9.17) is 4.74 Å². The van der Waals surface area contributed by atoms with Gasteiger partial charge in [0.2, 0.25) is 10.0 Å². The highest BCUT2D eigenvalue weighted by molar-refractivity contribution is 7.89. The van der Waals surface area contributed by atoms with E-state index in [1.54, 1.807) is 12.1 Å². The van der Waals surface area contributed by atoms with E-state index in [9.17, 15) is 13.2 Å². The van der Waals surface area contributed by atoms with E-state index in [1.807, 2.05) is 6.92 Å². The van der Waals surface area contributed by atoms with E-state index >= 15 is 0 Å². The van der Waals surface area contributed by atoms with E-state index in [-0.39, 0.29) is 16.8 Å². The Morgan fingerprint density at radius 1 is 1.20 bits per heavy atom. The number of carbonyl (C=O) groups is 1. The van der Waals surface area contributed by atoms with Gasteiger partial charge in [-0.2, -0.15) is 4.31 Å². The van der Waals surface area contributed by atoms with Gasteiger partial charge in [0.15, 0.2) is 0 Å². The Morgan fingerprint density at radius 2 is 1.88 bits per heavy atom. The number of amides is 1. The Morgan fingerprint density at radius 3 is 2.52 bits per heavy atom. The molecule has 0 unspecified atom stereocenters. The van der Waals surface area contributed by atoms with E-state index in [0.717, 1.165) is 12.8 Å². The number of hydrogen-bond donors (Lipinski definition) is 1. The van der Waals surface area contributed by atoms with Crippen molar-refractivity contribution in [2.24, 2.45) is 5.92 Å². The molecule has 25 heavy (non-hydrogen) atoms. The fourth-order valence-electron chi connectivity index (χ4n) is 2.70. The molecule has 6 nitrogen and oxygen atoms in total. The molecule has 140 valence electrons. The number of ether oxygens (including phenoxy) is 1. The van der Waals surface area contributed by atoms with E-state index in [0.29, 0.717) is 37.8 Å². The Kier molecular flexibility index (Phi) is 6.98. The van der Waals surface area contributed by atoms with Gasteiger partial charge in [-0.15, -0.1) is 0 Å². The Hall–Kier alpha value is -1.44. The van der Waals surface area contributed by atoms with Gasteiger partial charge in [0.25, 0.3) is 5.91 Å². The third kappa shape index (κ3) is 5.52. The maximum atomic E-state index is 12.7. The average Bonchev–Trinajstić information content (AvgIpc) is 2.61. The zero-order valence-electron chi connectivity index (χ0n) is 15.2. The van der Waals surface area contributed by atoms with Gasteiger partial charge in [0.1, 0.15) is 0 Å². The van der Waals surface area contributed by atoms with Crippen LogP contribution in [0.25, 0.3) is 0 Å². The Bertz CT molecular complexity index is 682. The van der Waals surface area contributed by atoms with Gasteiger partial charge in [-0.05, 0) is 43.9 Å². The normalized spacial score (nSPS) is 17.4. The standard InChI is InChI=1S/C18H28N2O4S/c1-14(2)7-8-15(3)19-18(21)16-5-4-6-17(13-16)25(22,23)20-9-11-24-12-10-20/h4-6,13-15H,7-12H2,1-3H3,(H,19,21)/t15-/m0/s1. The van der Waals surface area contributed by atoms with Crippen LogP contribution < -0.4 is 5.32 Å². The van der Waals surface area contributed by atoms with Crippen LogP contribution in [0.2, 0.25) is 0 Å². The molecule has 1 N–H and O–H groups in total. The summed E-state index contributed by atoms with van der Waals surface area (Å²) in [5.41, 5.74) is 0.366. The second-order valence-electron chi connectivity index (χ2n) is 6.89. The fraction of sp³-hybridized carbons (Fsp3) is 0.611. The molecule has 0 aromatic heterocycles. The second-order valence-corrected chi connectivity index (χ2v) is 8.83. The van der Waals surface area contributed by atoms with Crippen molar-refractivity contribution in [1.29, 1.82) is 0 Å². The summed E-state index contributed by atoms with van der Waals surface area (Å²) in [5.74, 6) is 0.344. The lowest BCUT2D eigenvalue weighted by molar-refractivity contribution is 0.0730. The van der Waals surface area contributed by atoms with Crippen LogP contribution in [0, 0.1) is 5.92 Å². The maximum Gasteiger partial charge on any atom is 0.251 e. The summed E-state index contributed by atoms with van der Waals surface area (Å²) in [6.07, 6.45) is 1.93. The van der Waals surface area contributed by atoms with Crippen LogP contribution >= 0.6 is 0 Å². The minimum Gasteiger partial charge on any atom is -0.379 e. The topological polar surface area (TPSA) is 75.7 Å². The predicted molar refractivity (Wildman–Crippen MR) is 97.0 cm³/mol. The van der Waals surface area contributed by atoms with Gasteiger partial charge in [-0.25, -0.2) is 8.42 Å². The second kappa shape index (κ2) is 8.78. The van der Waals surface area contributed by atoms with Crippen molar-refractivity contribution in [1.82, 2.24) is 9.62 Å². The molecule has 1 aromatic carbocycles. The highest BCUT2D eigenvalue weighted by atomic mass is 32.2. The molecule has 1 heterocycles. The van der Waals surface area contributed by atoms with Crippen molar-refractivity contribution in [3.63, 3.8) is 0 Å². The molecular formula is C18H28N2O4S. The van der Waals surface area contributed by atoms with Crippen molar-refractivity contribution in [3.8, 4) is 0 Å². The van der Waals surface area contributed by atoms with Crippen LogP contribution in [-0.2, 0) is 14.8 Å². The van der Waals surface area contributed by atoms with E-state index < -0.39 is 10.0 Å². The van der Waals surface area contributed by atoms with Gasteiger partial charge < -0.3 is 10.1 Å². The summed E-state index contributed by atoms with van der Waals surface area (Å²) in [7, 11) is -3.59. The Balaban J connectivity index is 2.08. The van der Waals surface area contributed by atoms with E-state index in [2.05, 4.69) is 19.2 Å². The Labute approximate surface area is 150 Å². The van der Waals surface area contributed by atoms with Gasteiger partial charge in [0, 0.05) is 24.7 Å². The van der Waals surface area contributed by atoms with Crippen LogP contribution in [0.4, 0.5) is 0 Å². The van der Waals surface area contributed by atoms with Gasteiger partial charge in [-0.3, -0.25) is 4.79 Å². The minimum absolute atomic E-state index is 0.0504. The predicted octanol–water partition coefficient (Wildman–Crippen LogP) is 2.26. The van der Waals surface area contributed by atoms with Crippen molar-refractivity contribution in [3.05, 3.63) is 29.8 Å². The molecule has 1 atom stereocenters. The van der Waals surface area contributed by atoms with Gasteiger partial charge >= 0.3 is 0 Å². The van der Waals surface area contributed by atoms with Crippen molar-refractivity contribution in [2.45, 2.75) is 44.6 Å². The molecule has 2 rings (SSSR count). The average molecular weight is 368 g/mol. The first-order valence-electron chi connectivity index (χ1n) is 8.79. The molecule has 7 heteroatoms. The van der Waals surface area contributed by atoms with Gasteiger partial charge in [-0.1, -0.05) is 19.9 Å². The fourth-order valence-corrected chi connectivity index (χ4v) is 4.15. The highest BCUT2D eigenvalue weighted by Crippen LogP contribution is 2.18. The summed E-state index contributed by atoms with van der Waals surface area (Å²) in [6, 6.07) is 6.29. The van der Waals surface area contributed by atoms with Crippen LogP contribution in [0.5, 0.6) is 0 Å². The molecule has 0 spiro atoms. The largest absolute Gasteiger partial charge is 0.379 e. The molecule has 0 bridgehead atoms.